The first-order chi connectivity index (χ1) is 32.0. The Hall–Kier alpha value is -4.19. The van der Waals surface area contributed by atoms with Crippen molar-refractivity contribution in [1.82, 2.24) is 0 Å². The topological polar surface area (TPSA) is 78.9 Å². The molecule has 0 aliphatic heterocycles. The molecule has 0 N–H and O–H groups in total. The fourth-order valence-corrected chi connectivity index (χ4v) is 6.58. The van der Waals surface area contributed by atoms with Gasteiger partial charge < -0.3 is 14.2 Å². The van der Waals surface area contributed by atoms with Gasteiger partial charge in [-0.15, -0.1) is 0 Å². The summed E-state index contributed by atoms with van der Waals surface area (Å²) in [6.45, 7) is 6.36. The Kier molecular flexibility index (Phi) is 49.1. The minimum atomic E-state index is -0.831. The van der Waals surface area contributed by atoms with Gasteiger partial charge >= 0.3 is 17.9 Å². The van der Waals surface area contributed by atoms with E-state index in [9.17, 15) is 14.4 Å². The van der Waals surface area contributed by atoms with Gasteiger partial charge in [-0.1, -0.05) is 219 Å². The average Bonchev–Trinajstić information content (AvgIpc) is 3.30. The van der Waals surface area contributed by atoms with Gasteiger partial charge in [0.25, 0.3) is 0 Å². The van der Waals surface area contributed by atoms with Gasteiger partial charge in [0.05, 0.1) is 0 Å². The molecule has 0 saturated carbocycles. The zero-order chi connectivity index (χ0) is 47.2. The molecule has 0 fully saturated rings. The van der Waals surface area contributed by atoms with Crippen LogP contribution in [0.3, 0.4) is 0 Å². The van der Waals surface area contributed by atoms with E-state index in [1.54, 1.807) is 0 Å². The minimum Gasteiger partial charge on any atom is -0.462 e. The molecule has 0 aromatic carbocycles. The highest BCUT2D eigenvalue weighted by molar-refractivity contribution is 5.71. The standard InChI is InChI=1S/C59H94O6/c1-4-7-10-13-16-19-22-24-26-28-29-31-33-35-38-40-43-46-49-52-58(61)64-55-56(65-59(62)53-50-47-44-41-36-21-18-15-12-9-6-3)54-63-57(60)51-48-45-42-39-37-34-32-30-27-25-23-20-17-14-11-8-5-2/h8,11,16-17,19-20,24-27,29,31-32,34-35,38-39,42-43,46,56H,4-7,9-10,12-15,18,21-23,28,30,33,36-37,40-41,44-45,47-55H2,1-3H3/b11-8-,19-16-,20-17-,26-24-,27-25-,31-29-,34-32-,38-35-,42-39-,46-43-/t56-/m1/s1. The predicted molar refractivity (Wildman–Crippen MR) is 279 cm³/mol. The molecule has 6 nitrogen and oxygen atoms in total. The second-order valence-corrected chi connectivity index (χ2v) is 16.7. The molecule has 0 bridgehead atoms. The van der Waals surface area contributed by atoms with E-state index in [0.717, 1.165) is 83.5 Å². The molecule has 0 radical (unpaired) electrons. The van der Waals surface area contributed by atoms with Crippen LogP contribution >= 0.6 is 0 Å². The van der Waals surface area contributed by atoms with Crippen LogP contribution in [0.1, 0.15) is 213 Å². The van der Waals surface area contributed by atoms with Crippen molar-refractivity contribution in [3.8, 4) is 0 Å². The summed E-state index contributed by atoms with van der Waals surface area (Å²) in [5.41, 5.74) is 0. The summed E-state index contributed by atoms with van der Waals surface area (Å²) in [6, 6.07) is 0. The summed E-state index contributed by atoms with van der Waals surface area (Å²) >= 11 is 0. The molecule has 0 aromatic rings. The molecule has 65 heavy (non-hydrogen) atoms. The number of hydrogen-bond acceptors (Lipinski definition) is 6. The Morgan fingerprint density at radius 3 is 1.08 bits per heavy atom. The third-order valence-corrected chi connectivity index (χ3v) is 10.5. The van der Waals surface area contributed by atoms with Crippen LogP contribution in [0.2, 0.25) is 0 Å². The van der Waals surface area contributed by atoms with Crippen LogP contribution in [0.5, 0.6) is 0 Å². The molecule has 0 amide bonds. The van der Waals surface area contributed by atoms with E-state index in [4.69, 9.17) is 14.2 Å². The van der Waals surface area contributed by atoms with Crippen molar-refractivity contribution in [3.63, 3.8) is 0 Å². The van der Waals surface area contributed by atoms with E-state index >= 15 is 0 Å². The maximum absolute atomic E-state index is 12.8. The van der Waals surface area contributed by atoms with Gasteiger partial charge in [0.1, 0.15) is 13.2 Å². The van der Waals surface area contributed by atoms with Crippen LogP contribution in [0.25, 0.3) is 0 Å². The second-order valence-electron chi connectivity index (χ2n) is 16.7. The van der Waals surface area contributed by atoms with Crippen molar-refractivity contribution in [2.45, 2.75) is 219 Å². The van der Waals surface area contributed by atoms with E-state index in [1.807, 2.05) is 12.2 Å². The molecule has 0 unspecified atom stereocenters. The Bertz CT molecular complexity index is 1400. The zero-order valence-electron chi connectivity index (χ0n) is 41.7. The van der Waals surface area contributed by atoms with Gasteiger partial charge in [-0.2, -0.15) is 0 Å². The van der Waals surface area contributed by atoms with Gasteiger partial charge in [-0.05, 0) is 96.3 Å². The lowest BCUT2D eigenvalue weighted by molar-refractivity contribution is -0.166. The van der Waals surface area contributed by atoms with Gasteiger partial charge in [0, 0.05) is 19.3 Å². The molecule has 0 spiro atoms. The largest absolute Gasteiger partial charge is 0.462 e. The summed E-state index contributed by atoms with van der Waals surface area (Å²) in [5.74, 6) is -1.08. The summed E-state index contributed by atoms with van der Waals surface area (Å²) in [7, 11) is 0. The quantitative estimate of drug-likeness (QED) is 0.0262. The lowest BCUT2D eigenvalue weighted by atomic mass is 10.1. The Balaban J connectivity index is 4.57. The molecular weight excluding hydrogens is 805 g/mol. The lowest BCUT2D eigenvalue weighted by Gasteiger charge is -2.18. The van der Waals surface area contributed by atoms with Crippen molar-refractivity contribution in [3.05, 3.63) is 122 Å². The van der Waals surface area contributed by atoms with Gasteiger partial charge in [-0.3, -0.25) is 14.4 Å². The van der Waals surface area contributed by atoms with Crippen LogP contribution < -0.4 is 0 Å². The summed E-state index contributed by atoms with van der Waals surface area (Å²) < 4.78 is 16.7. The van der Waals surface area contributed by atoms with Gasteiger partial charge in [-0.25, -0.2) is 0 Å². The Labute approximate surface area is 399 Å². The Morgan fingerprint density at radius 2 is 0.646 bits per heavy atom. The van der Waals surface area contributed by atoms with E-state index in [2.05, 4.69) is 130 Å². The number of unbranched alkanes of at least 4 members (excludes halogenated alkanes) is 14. The summed E-state index contributed by atoms with van der Waals surface area (Å²) in [5, 5.41) is 0. The molecule has 0 heterocycles. The third kappa shape index (κ3) is 50.7. The number of hydrogen-bond donors (Lipinski definition) is 0. The molecule has 1 atom stereocenters. The van der Waals surface area contributed by atoms with Crippen LogP contribution in [0, 0.1) is 0 Å². The normalized spacial score (nSPS) is 13.1. The van der Waals surface area contributed by atoms with Crippen LogP contribution in [0.4, 0.5) is 0 Å². The maximum atomic E-state index is 12.8. The highest BCUT2D eigenvalue weighted by Gasteiger charge is 2.19. The molecule has 0 rings (SSSR count). The first-order valence-corrected chi connectivity index (χ1v) is 26.0. The van der Waals surface area contributed by atoms with Gasteiger partial charge in [0.15, 0.2) is 6.10 Å². The van der Waals surface area contributed by atoms with Crippen molar-refractivity contribution in [2.24, 2.45) is 0 Å². The summed E-state index contributed by atoms with van der Waals surface area (Å²) in [4.78, 5) is 37.9. The lowest BCUT2D eigenvalue weighted by Crippen LogP contribution is -2.30. The van der Waals surface area contributed by atoms with E-state index in [0.29, 0.717) is 19.3 Å². The predicted octanol–water partition coefficient (Wildman–Crippen LogP) is 17.3. The molecule has 366 valence electrons. The van der Waals surface area contributed by atoms with Crippen LogP contribution in [-0.4, -0.2) is 37.2 Å². The summed E-state index contributed by atoms with van der Waals surface area (Å²) in [6.07, 6.45) is 72.0. The van der Waals surface area contributed by atoms with E-state index in [1.165, 1.54) is 77.0 Å². The number of esters is 3. The average molecular weight is 899 g/mol. The Morgan fingerprint density at radius 1 is 0.323 bits per heavy atom. The van der Waals surface area contributed by atoms with Gasteiger partial charge in [0.2, 0.25) is 0 Å². The van der Waals surface area contributed by atoms with Crippen LogP contribution in [0.15, 0.2) is 122 Å². The SMILES string of the molecule is CC/C=C\C/C=C\C/C=C\C/C=C\C/C=C\CCCC(=O)OC[C@H](COC(=O)CC/C=C\C/C=C\C/C=C\C/C=C\C/C=C\CCCCC)OC(=O)CCCCCCCCCCCCC. The zero-order valence-corrected chi connectivity index (χ0v) is 41.7. The molecule has 0 aliphatic carbocycles. The number of allylic oxidation sites excluding steroid dienone is 20. The van der Waals surface area contributed by atoms with E-state index in [-0.39, 0.29) is 44.0 Å². The number of carbonyl (C=O) groups is 3. The first-order valence-electron chi connectivity index (χ1n) is 26.0. The number of carbonyl (C=O) groups excluding carboxylic acids is 3. The fraction of sp³-hybridized carbons (Fsp3) is 0.610. The van der Waals surface area contributed by atoms with Crippen molar-refractivity contribution in [2.75, 3.05) is 13.2 Å². The fourth-order valence-electron chi connectivity index (χ4n) is 6.58. The molecule has 6 heteroatoms. The van der Waals surface area contributed by atoms with E-state index < -0.39 is 6.10 Å². The minimum absolute atomic E-state index is 0.132. The second kappa shape index (κ2) is 52.4. The molecule has 0 aromatic heterocycles. The monoisotopic (exact) mass is 899 g/mol. The molecular formula is C59H94O6. The molecule has 0 aliphatic rings. The van der Waals surface area contributed by atoms with Crippen molar-refractivity contribution in [1.29, 1.82) is 0 Å². The number of rotatable bonds is 45. The van der Waals surface area contributed by atoms with Crippen LogP contribution in [-0.2, 0) is 28.6 Å². The highest BCUT2D eigenvalue weighted by Crippen LogP contribution is 2.13. The highest BCUT2D eigenvalue weighted by atomic mass is 16.6. The smallest absolute Gasteiger partial charge is 0.306 e. The van der Waals surface area contributed by atoms with Crippen molar-refractivity contribution >= 4 is 17.9 Å². The molecule has 0 saturated heterocycles. The van der Waals surface area contributed by atoms with Crippen molar-refractivity contribution < 1.29 is 28.6 Å². The third-order valence-electron chi connectivity index (χ3n) is 10.5. The first kappa shape index (κ1) is 60.8. The maximum Gasteiger partial charge on any atom is 0.306 e. The number of ether oxygens (including phenoxy) is 3.